The molecule has 9 nitrogen and oxygen atoms in total. The van der Waals surface area contributed by atoms with Gasteiger partial charge in [-0.3, -0.25) is 14.2 Å². The smallest absolute Gasteiger partial charge is 0.266 e. The maximum Gasteiger partial charge on any atom is 0.266 e. The lowest BCUT2D eigenvalue weighted by Gasteiger charge is -2.38. The third kappa shape index (κ3) is 6.25. The summed E-state index contributed by atoms with van der Waals surface area (Å²) in [6.45, 7) is 5.40. The molecule has 200 valence electrons. The zero-order valence-electron chi connectivity index (χ0n) is 21.1. The van der Waals surface area contributed by atoms with Crippen LogP contribution in [0.5, 0.6) is 0 Å². The van der Waals surface area contributed by atoms with Gasteiger partial charge in [-0.25, -0.2) is 9.97 Å². The summed E-state index contributed by atoms with van der Waals surface area (Å²) in [4.78, 5) is 29.2. The Morgan fingerprint density at radius 2 is 1.84 bits per heavy atom. The van der Waals surface area contributed by atoms with Crippen molar-refractivity contribution >= 4 is 33.4 Å². The molecule has 2 heterocycles. The first kappa shape index (κ1) is 26.3. The van der Waals surface area contributed by atoms with Crippen molar-refractivity contribution in [2.45, 2.75) is 50.5 Å². The number of benzene rings is 1. The minimum absolute atomic E-state index is 0.0285. The van der Waals surface area contributed by atoms with Crippen LogP contribution in [-0.4, -0.2) is 89.7 Å². The molecule has 1 aliphatic heterocycles. The number of carbonyl (C=O) groups is 1. The largest absolute Gasteiger partial charge is 0.353 e. The fraction of sp³-hybridized carbons (Fsp3) is 0.577. The molecule has 1 N–H and O–H groups in total. The average molecular weight is 548 g/mol. The lowest BCUT2D eigenvalue weighted by atomic mass is 9.96. The Hall–Kier alpha value is -2.27. The van der Waals surface area contributed by atoms with E-state index in [0.717, 1.165) is 42.8 Å². The van der Waals surface area contributed by atoms with Crippen molar-refractivity contribution in [2.24, 2.45) is 0 Å². The molecular formula is C26H34ClN5O4S. The van der Waals surface area contributed by atoms with E-state index in [1.54, 1.807) is 18.5 Å². The van der Waals surface area contributed by atoms with Gasteiger partial charge in [0.05, 0.1) is 11.7 Å². The Balaban J connectivity index is 1.31. The first-order chi connectivity index (χ1) is 17.7. The Morgan fingerprint density at radius 3 is 2.49 bits per heavy atom. The van der Waals surface area contributed by atoms with Crippen molar-refractivity contribution < 1.29 is 17.8 Å². The van der Waals surface area contributed by atoms with Crippen LogP contribution in [0.2, 0.25) is 5.02 Å². The number of nitrogens with zero attached hydrogens (tertiary/aromatic N) is 5. The van der Waals surface area contributed by atoms with Crippen molar-refractivity contribution in [1.82, 2.24) is 19.8 Å². The molecule has 0 bridgehead atoms. The highest BCUT2D eigenvalue weighted by molar-refractivity contribution is 7.85. The normalized spacial score (nSPS) is 20.8. The highest BCUT2D eigenvalue weighted by atomic mass is 35.5. The molecule has 0 spiro atoms. The summed E-state index contributed by atoms with van der Waals surface area (Å²) in [5.74, 6) is 0.679. The molecule has 2 atom stereocenters. The summed E-state index contributed by atoms with van der Waals surface area (Å²) < 4.78 is 32.1. The Morgan fingerprint density at radius 1 is 1.14 bits per heavy atom. The summed E-state index contributed by atoms with van der Waals surface area (Å²) in [6.07, 6.45) is 5.67. The van der Waals surface area contributed by atoms with Gasteiger partial charge in [-0.1, -0.05) is 30.7 Å². The number of amides is 1. The number of carbonyl (C=O) groups excluding carboxylic acids is 1. The summed E-state index contributed by atoms with van der Waals surface area (Å²) in [6, 6.07) is 7.56. The van der Waals surface area contributed by atoms with E-state index in [4.69, 9.17) is 11.6 Å². The SMILES string of the molecule is CC1CCc2ncnc(N3CCN(C(=O)C(CN(CCS(=O)(=O)O)C4CC4)c4ccc(Cl)cc4)CC3)c21. The van der Waals surface area contributed by atoms with Gasteiger partial charge in [0, 0.05) is 61.6 Å². The molecule has 1 saturated heterocycles. The first-order valence-corrected chi connectivity index (χ1v) is 15.0. The molecule has 2 aliphatic carbocycles. The van der Waals surface area contributed by atoms with Gasteiger partial charge >= 0.3 is 0 Å². The maximum atomic E-state index is 13.9. The predicted octanol–water partition coefficient (Wildman–Crippen LogP) is 2.96. The van der Waals surface area contributed by atoms with E-state index in [2.05, 4.69) is 21.8 Å². The van der Waals surface area contributed by atoms with Crippen LogP contribution in [0.15, 0.2) is 30.6 Å². The van der Waals surface area contributed by atoms with Gasteiger partial charge in [0.15, 0.2) is 0 Å². The second kappa shape index (κ2) is 10.8. The number of anilines is 1. The molecule has 1 aromatic heterocycles. The van der Waals surface area contributed by atoms with E-state index < -0.39 is 16.0 Å². The third-order valence-corrected chi connectivity index (χ3v) is 8.78. The topological polar surface area (TPSA) is 107 Å². The highest BCUT2D eigenvalue weighted by Gasteiger charge is 2.36. The Kier molecular flexibility index (Phi) is 7.72. The number of fused-ring (bicyclic) bond motifs is 1. The van der Waals surface area contributed by atoms with Crippen LogP contribution in [0.4, 0.5) is 5.82 Å². The summed E-state index contributed by atoms with van der Waals surface area (Å²) in [7, 11) is -4.08. The Labute approximate surface area is 223 Å². The zero-order chi connectivity index (χ0) is 26.2. The molecule has 1 amide bonds. The predicted molar refractivity (Wildman–Crippen MR) is 143 cm³/mol. The molecule has 0 radical (unpaired) electrons. The second-order valence-corrected chi connectivity index (χ2v) is 12.4. The van der Waals surface area contributed by atoms with E-state index >= 15 is 0 Å². The minimum Gasteiger partial charge on any atom is -0.353 e. The van der Waals surface area contributed by atoms with Crippen LogP contribution in [-0.2, 0) is 21.3 Å². The van der Waals surface area contributed by atoms with Gasteiger partial charge in [0.25, 0.3) is 10.1 Å². The summed E-state index contributed by atoms with van der Waals surface area (Å²) >= 11 is 6.12. The summed E-state index contributed by atoms with van der Waals surface area (Å²) in [5, 5.41) is 0.598. The molecule has 3 aliphatic rings. The fourth-order valence-corrected chi connectivity index (χ4v) is 6.18. The van der Waals surface area contributed by atoms with E-state index in [-0.39, 0.29) is 24.2 Å². The number of aryl methyl sites for hydroxylation is 1. The van der Waals surface area contributed by atoms with Gasteiger partial charge < -0.3 is 9.80 Å². The Bertz CT molecular complexity index is 1230. The lowest BCUT2D eigenvalue weighted by molar-refractivity contribution is -0.133. The standard InChI is InChI=1S/C26H34ClN5O4S/c1-18-2-9-23-24(18)25(29-17-28-23)30-10-12-31(13-11-30)26(33)22(19-3-5-20(27)6-4-19)16-32(21-7-8-21)14-15-37(34,35)36/h3-6,17-18,21-22H,2,7-16H2,1H3,(H,34,35,36). The molecule has 37 heavy (non-hydrogen) atoms. The van der Waals surface area contributed by atoms with Gasteiger partial charge in [-0.05, 0) is 49.3 Å². The van der Waals surface area contributed by atoms with Crippen molar-refractivity contribution in [3.05, 3.63) is 52.4 Å². The van der Waals surface area contributed by atoms with Crippen LogP contribution < -0.4 is 4.90 Å². The number of piperazine rings is 1. The molecule has 2 aromatic rings. The molecule has 1 aromatic carbocycles. The van der Waals surface area contributed by atoms with Crippen LogP contribution in [0.1, 0.15) is 54.8 Å². The van der Waals surface area contributed by atoms with Crippen LogP contribution >= 0.6 is 11.6 Å². The number of aromatic nitrogens is 2. The number of halogens is 1. The number of rotatable bonds is 9. The molecule has 1 saturated carbocycles. The number of hydrogen-bond donors (Lipinski definition) is 1. The maximum absolute atomic E-state index is 13.9. The zero-order valence-corrected chi connectivity index (χ0v) is 22.7. The average Bonchev–Trinajstić information content (AvgIpc) is 3.66. The van der Waals surface area contributed by atoms with Crippen molar-refractivity contribution in [3.8, 4) is 0 Å². The summed E-state index contributed by atoms with van der Waals surface area (Å²) in [5.41, 5.74) is 3.25. The monoisotopic (exact) mass is 547 g/mol. The quantitative estimate of drug-likeness (QED) is 0.478. The van der Waals surface area contributed by atoms with Crippen molar-refractivity contribution in [3.63, 3.8) is 0 Å². The number of hydrogen-bond acceptors (Lipinski definition) is 7. The lowest BCUT2D eigenvalue weighted by Crippen LogP contribution is -2.51. The van der Waals surface area contributed by atoms with Gasteiger partial charge in [0.2, 0.25) is 5.91 Å². The van der Waals surface area contributed by atoms with Crippen LogP contribution in [0, 0.1) is 0 Å². The van der Waals surface area contributed by atoms with Crippen molar-refractivity contribution in [2.75, 3.05) is 49.9 Å². The van der Waals surface area contributed by atoms with Gasteiger partial charge in [-0.15, -0.1) is 0 Å². The molecular weight excluding hydrogens is 514 g/mol. The van der Waals surface area contributed by atoms with Crippen LogP contribution in [0.3, 0.4) is 0 Å². The minimum atomic E-state index is -4.08. The van der Waals surface area contributed by atoms with E-state index in [9.17, 15) is 17.8 Å². The molecule has 2 fully saturated rings. The van der Waals surface area contributed by atoms with E-state index in [1.165, 1.54) is 5.56 Å². The van der Waals surface area contributed by atoms with Crippen LogP contribution in [0.25, 0.3) is 0 Å². The van der Waals surface area contributed by atoms with E-state index in [0.29, 0.717) is 43.7 Å². The molecule has 5 rings (SSSR count). The second-order valence-electron chi connectivity index (χ2n) is 10.4. The van der Waals surface area contributed by atoms with E-state index in [1.807, 2.05) is 21.9 Å². The third-order valence-electron chi connectivity index (χ3n) is 7.83. The van der Waals surface area contributed by atoms with Gasteiger partial charge in [-0.2, -0.15) is 8.42 Å². The van der Waals surface area contributed by atoms with Gasteiger partial charge in [0.1, 0.15) is 12.1 Å². The highest BCUT2D eigenvalue weighted by Crippen LogP contribution is 2.37. The fourth-order valence-electron chi connectivity index (χ4n) is 5.58. The molecule has 11 heteroatoms. The van der Waals surface area contributed by atoms with Crippen molar-refractivity contribution in [1.29, 1.82) is 0 Å². The first-order valence-electron chi connectivity index (χ1n) is 13.0. The molecule has 2 unspecified atom stereocenters.